The average Bonchev–Trinajstić information content (AvgIpc) is 2.50. The number of methoxy groups -OCH3 is 2. The van der Waals surface area contributed by atoms with Gasteiger partial charge in [0.15, 0.2) is 11.5 Å². The first-order chi connectivity index (χ1) is 9.69. The third kappa shape index (κ3) is 3.23. The lowest BCUT2D eigenvalue weighted by atomic mass is 9.83. The monoisotopic (exact) mass is 281 g/mol. The van der Waals surface area contributed by atoms with Gasteiger partial charge in [0.05, 0.1) is 20.8 Å². The van der Waals surface area contributed by atoms with Crippen LogP contribution in [0.5, 0.6) is 11.5 Å². The van der Waals surface area contributed by atoms with Gasteiger partial charge in [0.2, 0.25) is 0 Å². The molecule has 1 unspecified atom stereocenters. The molecule has 0 saturated heterocycles. The number of ether oxygens (including phenoxy) is 2. The van der Waals surface area contributed by atoms with E-state index in [1.54, 1.807) is 14.2 Å². The van der Waals surface area contributed by atoms with Crippen LogP contribution < -0.4 is 9.47 Å². The fourth-order valence-electron chi connectivity index (χ4n) is 2.68. The van der Waals surface area contributed by atoms with Gasteiger partial charge in [0, 0.05) is 12.1 Å². The van der Waals surface area contributed by atoms with E-state index in [0.717, 1.165) is 36.0 Å². The van der Waals surface area contributed by atoms with E-state index in [1.807, 2.05) is 13.0 Å². The van der Waals surface area contributed by atoms with Gasteiger partial charge in [0.25, 0.3) is 0 Å². The van der Waals surface area contributed by atoms with Gasteiger partial charge in [0.1, 0.15) is 0 Å². The molecule has 5 nitrogen and oxygen atoms in total. The van der Waals surface area contributed by atoms with Crippen molar-refractivity contribution in [3.05, 3.63) is 23.3 Å². The Balaban J connectivity index is 2.07. The number of hydroxylamine groups is 2. The van der Waals surface area contributed by atoms with Crippen molar-refractivity contribution in [1.29, 1.82) is 0 Å². The van der Waals surface area contributed by atoms with Crippen LogP contribution in [-0.2, 0) is 17.7 Å². The van der Waals surface area contributed by atoms with Crippen molar-refractivity contribution in [3.63, 3.8) is 0 Å². The fraction of sp³-hybridized carbons (Fsp3) is 0.600. The van der Waals surface area contributed by atoms with Crippen molar-refractivity contribution >= 4 is 0 Å². The number of hydrogen-bond acceptors (Lipinski definition) is 5. The molecule has 1 aliphatic rings. The van der Waals surface area contributed by atoms with Crippen molar-refractivity contribution in [2.24, 2.45) is 5.92 Å². The topological polar surface area (TPSA) is 51.2 Å². The largest absolute Gasteiger partial charge is 0.493 e. The molecule has 0 heterocycles. The Labute approximate surface area is 120 Å². The number of fused-ring (bicyclic) bond motifs is 1. The Hall–Kier alpha value is -1.30. The summed E-state index contributed by atoms with van der Waals surface area (Å²) in [6.07, 6.45) is 2.91. The predicted octanol–water partition coefficient (Wildman–Crippen LogP) is 2.45. The lowest BCUT2D eigenvalue weighted by Crippen LogP contribution is -2.26. The quantitative estimate of drug-likeness (QED) is 0.812. The molecule has 20 heavy (non-hydrogen) atoms. The summed E-state index contributed by atoms with van der Waals surface area (Å²) in [6.45, 7) is 2.85. The van der Waals surface area contributed by atoms with E-state index in [2.05, 4.69) is 6.07 Å². The molecule has 1 N–H and O–H groups in total. The van der Waals surface area contributed by atoms with Crippen LogP contribution in [0.3, 0.4) is 0 Å². The highest BCUT2D eigenvalue weighted by molar-refractivity contribution is 5.51. The van der Waals surface area contributed by atoms with Crippen LogP contribution in [0.2, 0.25) is 0 Å². The van der Waals surface area contributed by atoms with E-state index in [9.17, 15) is 5.21 Å². The SMILES string of the molecule is CCN(O)OCC1CCc2c(ccc(OC)c2OC)C1. The third-order valence-electron chi connectivity index (χ3n) is 3.79. The van der Waals surface area contributed by atoms with Crippen molar-refractivity contribution in [2.75, 3.05) is 27.4 Å². The van der Waals surface area contributed by atoms with Gasteiger partial charge in [-0.05, 0) is 43.7 Å². The number of rotatable bonds is 6. The first kappa shape index (κ1) is 15.1. The van der Waals surface area contributed by atoms with Crippen LogP contribution in [0.4, 0.5) is 0 Å². The summed E-state index contributed by atoms with van der Waals surface area (Å²) in [7, 11) is 3.34. The summed E-state index contributed by atoms with van der Waals surface area (Å²) >= 11 is 0. The van der Waals surface area contributed by atoms with Crippen molar-refractivity contribution in [2.45, 2.75) is 26.2 Å². The van der Waals surface area contributed by atoms with Gasteiger partial charge < -0.3 is 9.47 Å². The van der Waals surface area contributed by atoms with E-state index in [1.165, 1.54) is 11.1 Å². The van der Waals surface area contributed by atoms with Gasteiger partial charge in [-0.1, -0.05) is 11.3 Å². The maximum Gasteiger partial charge on any atom is 0.164 e. The van der Waals surface area contributed by atoms with Gasteiger partial charge in [-0.3, -0.25) is 10.0 Å². The first-order valence-electron chi connectivity index (χ1n) is 7.01. The number of benzene rings is 1. The summed E-state index contributed by atoms with van der Waals surface area (Å²) in [5.74, 6) is 2.05. The molecule has 1 aromatic carbocycles. The standard InChI is InChI=1S/C15H23NO4/c1-4-16(17)20-10-11-5-7-13-12(9-11)6-8-14(18-2)15(13)19-3/h6,8,11,17H,4-5,7,9-10H2,1-3H3. The van der Waals surface area contributed by atoms with E-state index >= 15 is 0 Å². The minimum Gasteiger partial charge on any atom is -0.493 e. The average molecular weight is 281 g/mol. The highest BCUT2D eigenvalue weighted by atomic mass is 16.9. The highest BCUT2D eigenvalue weighted by Crippen LogP contribution is 2.38. The second kappa shape index (κ2) is 6.92. The molecular weight excluding hydrogens is 258 g/mol. The summed E-state index contributed by atoms with van der Waals surface area (Å²) < 4.78 is 10.8. The van der Waals surface area contributed by atoms with Gasteiger partial charge in [-0.25, -0.2) is 0 Å². The molecule has 1 aliphatic carbocycles. The van der Waals surface area contributed by atoms with E-state index in [0.29, 0.717) is 19.1 Å². The molecule has 1 aromatic rings. The molecule has 0 aliphatic heterocycles. The van der Waals surface area contributed by atoms with Gasteiger partial charge in [-0.15, -0.1) is 0 Å². The van der Waals surface area contributed by atoms with Crippen LogP contribution in [0, 0.1) is 5.92 Å². The van der Waals surface area contributed by atoms with Gasteiger partial charge in [-0.2, -0.15) is 0 Å². The molecular formula is C15H23NO4. The smallest absolute Gasteiger partial charge is 0.164 e. The highest BCUT2D eigenvalue weighted by Gasteiger charge is 2.24. The molecule has 0 saturated carbocycles. The van der Waals surface area contributed by atoms with Crippen LogP contribution in [-0.4, -0.2) is 37.8 Å². The van der Waals surface area contributed by atoms with Crippen LogP contribution in [0.1, 0.15) is 24.5 Å². The van der Waals surface area contributed by atoms with Crippen LogP contribution in [0.15, 0.2) is 12.1 Å². The molecule has 5 heteroatoms. The maximum atomic E-state index is 9.31. The minimum atomic E-state index is 0.418. The van der Waals surface area contributed by atoms with Crippen molar-refractivity contribution < 1.29 is 19.5 Å². The first-order valence-corrected chi connectivity index (χ1v) is 7.01. The normalized spacial score (nSPS) is 17.9. The maximum absolute atomic E-state index is 9.31. The zero-order chi connectivity index (χ0) is 14.5. The minimum absolute atomic E-state index is 0.418. The molecule has 0 aromatic heterocycles. The summed E-state index contributed by atoms with van der Waals surface area (Å²) in [4.78, 5) is 5.28. The van der Waals surface area contributed by atoms with E-state index in [4.69, 9.17) is 14.3 Å². The Bertz CT molecular complexity index is 450. The molecule has 0 amide bonds. The predicted molar refractivity (Wildman–Crippen MR) is 75.2 cm³/mol. The van der Waals surface area contributed by atoms with Crippen LogP contribution >= 0.6 is 0 Å². The molecule has 0 spiro atoms. The Morgan fingerprint density at radius 3 is 2.75 bits per heavy atom. The molecule has 1 atom stereocenters. The number of nitrogens with zero attached hydrogens (tertiary/aromatic N) is 1. The summed E-state index contributed by atoms with van der Waals surface area (Å²) in [5, 5.41) is 10.2. The number of hydrogen-bond donors (Lipinski definition) is 1. The van der Waals surface area contributed by atoms with E-state index in [-0.39, 0.29) is 0 Å². The van der Waals surface area contributed by atoms with Crippen molar-refractivity contribution in [3.8, 4) is 11.5 Å². The Kier molecular flexibility index (Phi) is 5.23. The Morgan fingerprint density at radius 1 is 1.30 bits per heavy atom. The molecule has 112 valence electrons. The summed E-state index contributed by atoms with van der Waals surface area (Å²) in [5.41, 5.74) is 2.52. The second-order valence-corrected chi connectivity index (χ2v) is 5.01. The lowest BCUT2D eigenvalue weighted by Gasteiger charge is -2.27. The molecule has 0 fully saturated rings. The zero-order valence-corrected chi connectivity index (χ0v) is 12.4. The zero-order valence-electron chi connectivity index (χ0n) is 12.4. The second-order valence-electron chi connectivity index (χ2n) is 5.01. The molecule has 0 bridgehead atoms. The Morgan fingerprint density at radius 2 is 2.10 bits per heavy atom. The van der Waals surface area contributed by atoms with E-state index < -0.39 is 0 Å². The summed E-state index contributed by atoms with van der Waals surface area (Å²) in [6, 6.07) is 4.05. The molecule has 0 radical (unpaired) electrons. The van der Waals surface area contributed by atoms with Crippen LogP contribution in [0.25, 0.3) is 0 Å². The van der Waals surface area contributed by atoms with Crippen molar-refractivity contribution in [1.82, 2.24) is 5.23 Å². The third-order valence-corrected chi connectivity index (χ3v) is 3.79. The fourth-order valence-corrected chi connectivity index (χ4v) is 2.68. The lowest BCUT2D eigenvalue weighted by molar-refractivity contribution is -0.342. The van der Waals surface area contributed by atoms with Gasteiger partial charge >= 0.3 is 0 Å². The molecule has 2 rings (SSSR count).